The number of carbonyl (C=O) groups excluding carboxylic acids is 2. The summed E-state index contributed by atoms with van der Waals surface area (Å²) in [6, 6.07) is 7.37. The van der Waals surface area contributed by atoms with Gasteiger partial charge in [-0.1, -0.05) is 25.1 Å². The van der Waals surface area contributed by atoms with Crippen LogP contribution in [0.4, 0.5) is 0 Å². The fraction of sp³-hybridized carbons (Fsp3) is 0.333. The normalized spacial score (nSPS) is 12.1. The van der Waals surface area contributed by atoms with Crippen molar-refractivity contribution in [1.82, 2.24) is 0 Å². The maximum Gasteiger partial charge on any atom is 0.308 e. The second kappa shape index (κ2) is 8.08. The summed E-state index contributed by atoms with van der Waals surface area (Å²) in [7, 11) is 1.38. The molecule has 0 unspecified atom stereocenters. The molecule has 1 atom stereocenters. The lowest BCUT2D eigenvalue weighted by atomic mass is 10.1. The third-order valence-electron chi connectivity index (χ3n) is 2.67. The summed E-state index contributed by atoms with van der Waals surface area (Å²) in [5.74, 6) is 0.345. The van der Waals surface area contributed by atoms with E-state index in [1.165, 1.54) is 13.2 Å². The highest BCUT2D eigenvalue weighted by Crippen LogP contribution is 2.14. The van der Waals surface area contributed by atoms with Crippen LogP contribution in [0.3, 0.4) is 0 Å². The van der Waals surface area contributed by atoms with E-state index in [2.05, 4.69) is 4.74 Å². The molecule has 0 fully saturated rings. The summed E-state index contributed by atoms with van der Waals surface area (Å²) >= 11 is 0. The van der Waals surface area contributed by atoms with Crippen LogP contribution in [0, 0.1) is 5.92 Å². The number of benzene rings is 1. The van der Waals surface area contributed by atoms with E-state index in [1.54, 1.807) is 6.08 Å². The van der Waals surface area contributed by atoms with Crippen LogP contribution in [0.1, 0.15) is 18.9 Å². The minimum Gasteiger partial charge on any atom is -0.494 e. The molecule has 102 valence electrons. The number of carbonyl (C=O) groups is 2. The van der Waals surface area contributed by atoms with E-state index < -0.39 is 0 Å². The van der Waals surface area contributed by atoms with E-state index in [9.17, 15) is 9.59 Å². The highest BCUT2D eigenvalue weighted by Gasteiger charge is 2.12. The topological polar surface area (TPSA) is 52.6 Å². The largest absolute Gasteiger partial charge is 0.494 e. The average molecular weight is 262 g/mol. The van der Waals surface area contributed by atoms with Gasteiger partial charge in [-0.15, -0.1) is 0 Å². The zero-order valence-electron chi connectivity index (χ0n) is 11.2. The highest BCUT2D eigenvalue weighted by atomic mass is 16.5. The van der Waals surface area contributed by atoms with Crippen LogP contribution in [0.5, 0.6) is 5.75 Å². The van der Waals surface area contributed by atoms with Crippen LogP contribution in [0.2, 0.25) is 0 Å². The van der Waals surface area contributed by atoms with E-state index >= 15 is 0 Å². The lowest BCUT2D eigenvalue weighted by molar-refractivity contribution is -0.145. The lowest BCUT2D eigenvalue weighted by Crippen LogP contribution is -2.15. The van der Waals surface area contributed by atoms with Gasteiger partial charge in [-0.3, -0.25) is 9.59 Å². The Labute approximate surface area is 113 Å². The van der Waals surface area contributed by atoms with E-state index in [0.29, 0.717) is 13.0 Å². The average Bonchev–Trinajstić information content (AvgIpc) is 2.45. The van der Waals surface area contributed by atoms with Gasteiger partial charge in [0.2, 0.25) is 0 Å². The Kier molecular flexibility index (Phi) is 6.36. The van der Waals surface area contributed by atoms with Crippen molar-refractivity contribution in [2.24, 2.45) is 5.92 Å². The molecule has 0 spiro atoms. The molecule has 4 heteroatoms. The molecule has 1 rings (SSSR count). The second-order valence-electron chi connectivity index (χ2n) is 4.13. The van der Waals surface area contributed by atoms with Gasteiger partial charge in [0, 0.05) is 0 Å². The minimum atomic E-state index is -0.224. The quantitative estimate of drug-likeness (QED) is 0.430. The van der Waals surface area contributed by atoms with Gasteiger partial charge in [-0.2, -0.15) is 0 Å². The molecule has 0 aromatic heterocycles. The van der Waals surface area contributed by atoms with Crippen molar-refractivity contribution in [3.8, 4) is 5.75 Å². The van der Waals surface area contributed by atoms with Crippen molar-refractivity contribution in [2.45, 2.75) is 13.3 Å². The molecule has 0 saturated carbocycles. The third kappa shape index (κ3) is 5.38. The molecule has 0 saturated heterocycles. The molecular formula is C15H18O4. The molecule has 1 aromatic carbocycles. The zero-order chi connectivity index (χ0) is 14.1. The third-order valence-corrected chi connectivity index (χ3v) is 2.67. The monoisotopic (exact) mass is 262 g/mol. The summed E-state index contributed by atoms with van der Waals surface area (Å²) in [5.41, 5.74) is 0.933. The van der Waals surface area contributed by atoms with Gasteiger partial charge in [-0.25, -0.2) is 0 Å². The smallest absolute Gasteiger partial charge is 0.308 e. The van der Waals surface area contributed by atoms with E-state index in [4.69, 9.17) is 4.74 Å². The molecular weight excluding hydrogens is 244 g/mol. The minimum absolute atomic E-state index is 0.167. The summed E-state index contributed by atoms with van der Waals surface area (Å²) in [4.78, 5) is 21.4. The SMILES string of the molecule is COC(=O)[C@H](C)CCOc1ccc(C=CC=O)cc1. The maximum absolute atomic E-state index is 11.2. The molecule has 0 radical (unpaired) electrons. The van der Waals surface area contributed by atoms with Crippen molar-refractivity contribution >= 4 is 18.3 Å². The predicted octanol–water partition coefficient (Wildman–Crippen LogP) is 2.48. The summed E-state index contributed by atoms with van der Waals surface area (Å²) in [6.07, 6.45) is 4.50. The standard InChI is InChI=1S/C15H18O4/c1-12(15(17)18-2)9-11-19-14-7-5-13(6-8-14)4-3-10-16/h3-8,10,12H,9,11H2,1-2H3/t12-/m1/s1. The molecule has 19 heavy (non-hydrogen) atoms. The van der Waals surface area contributed by atoms with Crippen LogP contribution < -0.4 is 4.74 Å². The lowest BCUT2D eigenvalue weighted by Gasteiger charge is -2.10. The Morgan fingerprint density at radius 1 is 1.32 bits per heavy atom. The molecule has 1 aromatic rings. The van der Waals surface area contributed by atoms with Crippen LogP contribution in [0.15, 0.2) is 30.3 Å². The second-order valence-corrected chi connectivity index (χ2v) is 4.13. The first-order chi connectivity index (χ1) is 9.17. The highest BCUT2D eigenvalue weighted by molar-refractivity contribution is 5.73. The Balaban J connectivity index is 2.39. The zero-order valence-corrected chi connectivity index (χ0v) is 11.2. The van der Waals surface area contributed by atoms with Crippen molar-refractivity contribution in [3.63, 3.8) is 0 Å². The van der Waals surface area contributed by atoms with Gasteiger partial charge in [0.05, 0.1) is 19.6 Å². The first-order valence-corrected chi connectivity index (χ1v) is 6.10. The first-order valence-electron chi connectivity index (χ1n) is 6.10. The molecule has 0 aliphatic carbocycles. The van der Waals surface area contributed by atoms with Crippen molar-refractivity contribution in [3.05, 3.63) is 35.9 Å². The van der Waals surface area contributed by atoms with Gasteiger partial charge in [-0.05, 0) is 30.2 Å². The molecule has 0 bridgehead atoms. The fourth-order valence-electron chi connectivity index (χ4n) is 1.50. The number of hydrogen-bond acceptors (Lipinski definition) is 4. The van der Waals surface area contributed by atoms with Crippen molar-refractivity contribution in [2.75, 3.05) is 13.7 Å². The Morgan fingerprint density at radius 2 is 2.00 bits per heavy atom. The maximum atomic E-state index is 11.2. The Bertz CT molecular complexity index is 434. The molecule has 0 aliphatic rings. The molecule has 4 nitrogen and oxygen atoms in total. The van der Waals surface area contributed by atoms with Gasteiger partial charge in [0.1, 0.15) is 12.0 Å². The van der Waals surface area contributed by atoms with E-state index in [-0.39, 0.29) is 11.9 Å². The van der Waals surface area contributed by atoms with Gasteiger partial charge in [0.25, 0.3) is 0 Å². The van der Waals surface area contributed by atoms with E-state index in [0.717, 1.165) is 17.6 Å². The van der Waals surface area contributed by atoms with Crippen LogP contribution in [-0.2, 0) is 14.3 Å². The molecule has 0 amide bonds. The number of esters is 1. The van der Waals surface area contributed by atoms with E-state index in [1.807, 2.05) is 31.2 Å². The molecule has 0 heterocycles. The predicted molar refractivity (Wildman–Crippen MR) is 72.8 cm³/mol. The van der Waals surface area contributed by atoms with Gasteiger partial charge < -0.3 is 9.47 Å². The van der Waals surface area contributed by atoms with Crippen molar-refractivity contribution in [1.29, 1.82) is 0 Å². The van der Waals surface area contributed by atoms with Gasteiger partial charge >= 0.3 is 5.97 Å². The number of methoxy groups -OCH3 is 1. The fourth-order valence-corrected chi connectivity index (χ4v) is 1.50. The molecule has 0 N–H and O–H groups in total. The molecule has 0 aliphatic heterocycles. The number of hydrogen-bond donors (Lipinski definition) is 0. The Hall–Kier alpha value is -2.10. The summed E-state index contributed by atoms with van der Waals surface area (Å²) < 4.78 is 10.2. The van der Waals surface area contributed by atoms with Crippen LogP contribution >= 0.6 is 0 Å². The number of ether oxygens (including phenoxy) is 2. The van der Waals surface area contributed by atoms with Gasteiger partial charge in [0.15, 0.2) is 0 Å². The van der Waals surface area contributed by atoms with Crippen LogP contribution in [0.25, 0.3) is 6.08 Å². The van der Waals surface area contributed by atoms with Crippen molar-refractivity contribution < 1.29 is 19.1 Å². The first kappa shape index (κ1) is 15.0. The summed E-state index contributed by atoms with van der Waals surface area (Å²) in [6.45, 7) is 2.27. The number of aldehydes is 1. The number of allylic oxidation sites excluding steroid dienone is 1. The summed E-state index contributed by atoms with van der Waals surface area (Å²) in [5, 5.41) is 0. The Morgan fingerprint density at radius 3 is 2.58 bits per heavy atom. The van der Waals surface area contributed by atoms with Crippen LogP contribution in [-0.4, -0.2) is 26.0 Å². The number of rotatable bonds is 7.